The largest absolute Gasteiger partial charge is 0.382 e. The molecule has 0 saturated heterocycles. The minimum absolute atomic E-state index is 0.143. The van der Waals surface area contributed by atoms with Crippen LogP contribution in [0, 0.1) is 16.0 Å². The van der Waals surface area contributed by atoms with Crippen molar-refractivity contribution in [2.45, 2.75) is 33.7 Å². The van der Waals surface area contributed by atoms with E-state index in [0.717, 1.165) is 31.6 Å². The zero-order valence-electron chi connectivity index (χ0n) is 12.8. The van der Waals surface area contributed by atoms with Crippen LogP contribution in [0.5, 0.6) is 0 Å². The first-order valence-electron chi connectivity index (χ1n) is 7.19. The molecule has 20 heavy (non-hydrogen) atoms. The Labute approximate surface area is 121 Å². The van der Waals surface area contributed by atoms with Gasteiger partial charge in [-0.05, 0) is 18.0 Å². The average molecular weight is 279 g/mol. The van der Waals surface area contributed by atoms with Crippen LogP contribution in [-0.2, 0) is 6.54 Å². The first-order valence-corrected chi connectivity index (χ1v) is 7.19. The first-order chi connectivity index (χ1) is 9.53. The summed E-state index contributed by atoms with van der Waals surface area (Å²) in [4.78, 5) is 13.1. The van der Waals surface area contributed by atoms with Gasteiger partial charge in [0.15, 0.2) is 0 Å². The predicted molar refractivity (Wildman–Crippen MR) is 83.0 cm³/mol. The molecule has 1 atom stereocenters. The van der Waals surface area contributed by atoms with E-state index in [-0.39, 0.29) is 10.6 Å². The quantitative estimate of drug-likeness (QED) is 0.584. The Hall–Kier alpha value is -1.62. The lowest BCUT2D eigenvalue weighted by molar-refractivity contribution is -0.384. The van der Waals surface area contributed by atoms with Crippen molar-refractivity contribution in [3.63, 3.8) is 0 Å². The monoisotopic (exact) mass is 279 g/mol. The highest BCUT2D eigenvalue weighted by Gasteiger charge is 2.18. The molecular weight excluding hydrogens is 254 g/mol. The molecule has 1 N–H and O–H groups in total. The smallest absolute Gasteiger partial charge is 0.292 e. The van der Waals surface area contributed by atoms with Crippen molar-refractivity contribution in [2.24, 2.45) is 5.92 Å². The number of nitrogens with one attached hydrogen (secondary N) is 1. The van der Waals surface area contributed by atoms with Gasteiger partial charge in [-0.15, -0.1) is 0 Å². The van der Waals surface area contributed by atoms with Crippen molar-refractivity contribution >= 4 is 11.4 Å². The lowest BCUT2D eigenvalue weighted by Gasteiger charge is -2.24. The summed E-state index contributed by atoms with van der Waals surface area (Å²) in [6.45, 7) is 9.23. The van der Waals surface area contributed by atoms with E-state index in [2.05, 4.69) is 31.0 Å². The summed E-state index contributed by atoms with van der Waals surface area (Å²) in [5, 5.41) is 14.0. The molecule has 0 radical (unpaired) electrons. The van der Waals surface area contributed by atoms with Crippen LogP contribution in [0.4, 0.5) is 11.4 Å². The van der Waals surface area contributed by atoms with E-state index in [4.69, 9.17) is 0 Å². The standard InChI is InChI=1S/C15H25N3O2/c1-5-12(3)10-17(6-2)11-13-8-7-9-14(18(19)20)15(13)16-4/h7-9,12,16H,5-6,10-11H2,1-4H3. The molecule has 0 spiro atoms. The normalized spacial score (nSPS) is 12.4. The lowest BCUT2D eigenvalue weighted by atomic mass is 10.1. The summed E-state index contributed by atoms with van der Waals surface area (Å²) in [5.74, 6) is 0.631. The van der Waals surface area contributed by atoms with Gasteiger partial charge in [0.25, 0.3) is 5.69 Å². The molecule has 1 aromatic carbocycles. The molecule has 0 aromatic heterocycles. The fourth-order valence-corrected chi connectivity index (χ4v) is 2.28. The molecule has 112 valence electrons. The van der Waals surface area contributed by atoms with Crippen molar-refractivity contribution in [3.8, 4) is 0 Å². The van der Waals surface area contributed by atoms with Crippen molar-refractivity contribution in [2.75, 3.05) is 25.5 Å². The van der Waals surface area contributed by atoms with Gasteiger partial charge in [-0.3, -0.25) is 15.0 Å². The number of hydrogen-bond acceptors (Lipinski definition) is 4. The molecule has 0 aliphatic heterocycles. The molecule has 5 heteroatoms. The van der Waals surface area contributed by atoms with Gasteiger partial charge >= 0.3 is 0 Å². The Balaban J connectivity index is 2.95. The second-order valence-corrected chi connectivity index (χ2v) is 5.16. The zero-order chi connectivity index (χ0) is 15.1. The number of benzene rings is 1. The van der Waals surface area contributed by atoms with Gasteiger partial charge in [0, 0.05) is 26.2 Å². The number of anilines is 1. The van der Waals surface area contributed by atoms with E-state index in [1.54, 1.807) is 19.2 Å². The summed E-state index contributed by atoms with van der Waals surface area (Å²) >= 11 is 0. The van der Waals surface area contributed by atoms with E-state index in [0.29, 0.717) is 11.6 Å². The lowest BCUT2D eigenvalue weighted by Crippen LogP contribution is -2.28. The summed E-state index contributed by atoms with van der Waals surface area (Å²) < 4.78 is 0. The Morgan fingerprint density at radius 2 is 2.10 bits per heavy atom. The Bertz CT molecular complexity index is 449. The molecule has 1 unspecified atom stereocenters. The predicted octanol–water partition coefficient (Wildman–Crippen LogP) is 3.50. The van der Waals surface area contributed by atoms with Crippen LogP contribution in [0.15, 0.2) is 18.2 Å². The van der Waals surface area contributed by atoms with Gasteiger partial charge in [-0.25, -0.2) is 0 Å². The van der Waals surface area contributed by atoms with Gasteiger partial charge in [0.1, 0.15) is 5.69 Å². The molecule has 0 bridgehead atoms. The summed E-state index contributed by atoms with van der Waals surface area (Å²) in [5.41, 5.74) is 1.75. The van der Waals surface area contributed by atoms with Gasteiger partial charge in [-0.1, -0.05) is 39.3 Å². The van der Waals surface area contributed by atoms with E-state index in [9.17, 15) is 10.1 Å². The second kappa shape index (κ2) is 7.85. The van der Waals surface area contributed by atoms with Crippen LogP contribution in [0.1, 0.15) is 32.8 Å². The third-order valence-corrected chi connectivity index (χ3v) is 3.68. The van der Waals surface area contributed by atoms with Gasteiger partial charge in [0.2, 0.25) is 0 Å². The van der Waals surface area contributed by atoms with Crippen LogP contribution >= 0.6 is 0 Å². The Morgan fingerprint density at radius 3 is 2.60 bits per heavy atom. The Kier molecular flexibility index (Phi) is 6.45. The molecule has 0 amide bonds. The first kappa shape index (κ1) is 16.4. The number of hydrogen-bond donors (Lipinski definition) is 1. The van der Waals surface area contributed by atoms with Crippen LogP contribution in [0.25, 0.3) is 0 Å². The number of nitro benzene ring substituents is 1. The molecule has 5 nitrogen and oxygen atoms in total. The maximum atomic E-state index is 11.1. The van der Waals surface area contributed by atoms with Crippen LogP contribution in [0.3, 0.4) is 0 Å². The number of rotatable bonds is 8. The summed E-state index contributed by atoms with van der Waals surface area (Å²) in [6.07, 6.45) is 1.14. The van der Waals surface area contributed by atoms with Crippen molar-refractivity contribution in [1.29, 1.82) is 0 Å². The fourth-order valence-electron chi connectivity index (χ4n) is 2.28. The molecule has 1 aromatic rings. The van der Waals surface area contributed by atoms with E-state index in [1.807, 2.05) is 6.07 Å². The molecule has 0 aliphatic carbocycles. The molecule has 0 heterocycles. The number of para-hydroxylation sites is 1. The molecule has 0 saturated carbocycles. The summed E-state index contributed by atoms with van der Waals surface area (Å²) in [7, 11) is 1.73. The third-order valence-electron chi connectivity index (χ3n) is 3.68. The van der Waals surface area contributed by atoms with E-state index < -0.39 is 0 Å². The third kappa shape index (κ3) is 4.20. The molecule has 1 rings (SSSR count). The molecule has 0 aliphatic rings. The zero-order valence-corrected chi connectivity index (χ0v) is 12.8. The topological polar surface area (TPSA) is 58.4 Å². The van der Waals surface area contributed by atoms with Crippen LogP contribution in [-0.4, -0.2) is 30.0 Å². The highest BCUT2D eigenvalue weighted by atomic mass is 16.6. The highest BCUT2D eigenvalue weighted by Crippen LogP contribution is 2.28. The van der Waals surface area contributed by atoms with Gasteiger partial charge in [-0.2, -0.15) is 0 Å². The maximum Gasteiger partial charge on any atom is 0.292 e. The van der Waals surface area contributed by atoms with Gasteiger partial charge in [0.05, 0.1) is 4.92 Å². The van der Waals surface area contributed by atoms with E-state index in [1.165, 1.54) is 0 Å². The van der Waals surface area contributed by atoms with Crippen molar-refractivity contribution in [1.82, 2.24) is 4.90 Å². The minimum atomic E-state index is -0.333. The highest BCUT2D eigenvalue weighted by molar-refractivity contribution is 5.66. The average Bonchev–Trinajstić information content (AvgIpc) is 2.45. The minimum Gasteiger partial charge on any atom is -0.382 e. The molecule has 0 fully saturated rings. The second-order valence-electron chi connectivity index (χ2n) is 5.16. The van der Waals surface area contributed by atoms with Crippen LogP contribution in [0.2, 0.25) is 0 Å². The van der Waals surface area contributed by atoms with Crippen molar-refractivity contribution in [3.05, 3.63) is 33.9 Å². The van der Waals surface area contributed by atoms with Crippen molar-refractivity contribution < 1.29 is 4.92 Å². The van der Waals surface area contributed by atoms with Gasteiger partial charge < -0.3 is 5.32 Å². The Morgan fingerprint density at radius 1 is 1.40 bits per heavy atom. The number of nitrogens with zero attached hydrogens (tertiary/aromatic N) is 2. The summed E-state index contributed by atoms with van der Waals surface area (Å²) in [6, 6.07) is 5.25. The SMILES string of the molecule is CCC(C)CN(CC)Cc1cccc([N+](=O)[O-])c1NC. The fraction of sp³-hybridized carbons (Fsp3) is 0.600. The maximum absolute atomic E-state index is 11.1. The number of nitro groups is 1. The van der Waals surface area contributed by atoms with Crippen LogP contribution < -0.4 is 5.32 Å². The molecular formula is C15H25N3O2. The van der Waals surface area contributed by atoms with E-state index >= 15 is 0 Å².